The fourth-order valence-electron chi connectivity index (χ4n) is 2.48. The molecule has 0 amide bonds. The van der Waals surface area contributed by atoms with Crippen molar-refractivity contribution in [3.63, 3.8) is 0 Å². The Morgan fingerprint density at radius 1 is 1.47 bits per heavy atom. The van der Waals surface area contributed by atoms with Crippen LogP contribution in [0.2, 0.25) is 0 Å². The van der Waals surface area contributed by atoms with E-state index in [2.05, 4.69) is 23.7 Å². The molecule has 0 saturated carbocycles. The van der Waals surface area contributed by atoms with E-state index in [1.165, 1.54) is 11.3 Å². The van der Waals surface area contributed by atoms with Crippen molar-refractivity contribution in [3.05, 3.63) is 15.6 Å². The van der Waals surface area contributed by atoms with Crippen LogP contribution in [0.1, 0.15) is 41.1 Å². The van der Waals surface area contributed by atoms with Crippen LogP contribution >= 0.6 is 11.3 Å². The third-order valence-electron chi connectivity index (χ3n) is 3.12. The molecule has 6 heteroatoms. The third kappa shape index (κ3) is 3.52. The molecule has 0 aromatic carbocycles. The van der Waals surface area contributed by atoms with Crippen LogP contribution in [0.3, 0.4) is 0 Å². The van der Waals surface area contributed by atoms with Crippen LogP contribution in [0.4, 0.5) is 0 Å². The van der Waals surface area contributed by atoms with E-state index in [9.17, 15) is 4.79 Å². The average Bonchev–Trinajstić information content (AvgIpc) is 2.70. The summed E-state index contributed by atoms with van der Waals surface area (Å²) in [6.07, 6.45) is 1.09. The van der Waals surface area contributed by atoms with E-state index >= 15 is 0 Å². The fraction of sp³-hybridized carbons (Fsp3) is 0.692. The van der Waals surface area contributed by atoms with Gasteiger partial charge in [-0.1, -0.05) is 6.92 Å². The SMILES string of the molecule is CCc1nc(CN2CC(C)OC(C)C2)sc1C(=O)O. The second kappa shape index (κ2) is 5.98. The molecule has 1 aliphatic heterocycles. The summed E-state index contributed by atoms with van der Waals surface area (Å²) < 4.78 is 5.69. The maximum Gasteiger partial charge on any atom is 0.347 e. The average molecular weight is 284 g/mol. The minimum absolute atomic E-state index is 0.216. The smallest absolute Gasteiger partial charge is 0.347 e. The van der Waals surface area contributed by atoms with Crippen molar-refractivity contribution in [3.8, 4) is 0 Å². The predicted molar refractivity (Wildman–Crippen MR) is 73.7 cm³/mol. The Morgan fingerprint density at radius 3 is 2.58 bits per heavy atom. The van der Waals surface area contributed by atoms with Gasteiger partial charge in [0.15, 0.2) is 0 Å². The quantitative estimate of drug-likeness (QED) is 0.916. The summed E-state index contributed by atoms with van der Waals surface area (Å²) in [4.78, 5) is 18.2. The molecule has 1 aromatic rings. The van der Waals surface area contributed by atoms with Gasteiger partial charge in [-0.3, -0.25) is 4.90 Å². The van der Waals surface area contributed by atoms with E-state index in [1.807, 2.05) is 6.92 Å². The molecule has 0 radical (unpaired) electrons. The summed E-state index contributed by atoms with van der Waals surface area (Å²) in [5, 5.41) is 10.0. The van der Waals surface area contributed by atoms with Crippen molar-refractivity contribution in [2.75, 3.05) is 13.1 Å². The highest BCUT2D eigenvalue weighted by Gasteiger charge is 2.24. The number of aryl methyl sites for hydroxylation is 1. The zero-order chi connectivity index (χ0) is 14.0. The molecule has 1 N–H and O–H groups in total. The van der Waals surface area contributed by atoms with Crippen molar-refractivity contribution in [1.29, 1.82) is 0 Å². The van der Waals surface area contributed by atoms with Crippen LogP contribution in [-0.2, 0) is 17.7 Å². The van der Waals surface area contributed by atoms with Crippen LogP contribution in [-0.4, -0.2) is 46.3 Å². The molecule has 0 spiro atoms. The monoisotopic (exact) mass is 284 g/mol. The van der Waals surface area contributed by atoms with Crippen molar-refractivity contribution in [2.45, 2.75) is 45.9 Å². The van der Waals surface area contributed by atoms with Gasteiger partial charge in [0.1, 0.15) is 9.88 Å². The van der Waals surface area contributed by atoms with E-state index < -0.39 is 5.97 Å². The maximum atomic E-state index is 11.1. The van der Waals surface area contributed by atoms with Crippen molar-refractivity contribution in [2.24, 2.45) is 0 Å². The number of hydrogen-bond donors (Lipinski definition) is 1. The Morgan fingerprint density at radius 2 is 2.11 bits per heavy atom. The Bertz CT molecular complexity index is 451. The molecule has 2 rings (SSSR count). The molecular weight excluding hydrogens is 264 g/mol. The highest BCUT2D eigenvalue weighted by atomic mass is 32.1. The number of carbonyl (C=O) groups is 1. The Kier molecular flexibility index (Phi) is 4.54. The van der Waals surface area contributed by atoms with E-state index in [1.54, 1.807) is 0 Å². The Hall–Kier alpha value is -0.980. The minimum Gasteiger partial charge on any atom is -0.477 e. The summed E-state index contributed by atoms with van der Waals surface area (Å²) >= 11 is 1.30. The lowest BCUT2D eigenvalue weighted by atomic mass is 10.2. The van der Waals surface area contributed by atoms with Crippen LogP contribution in [0, 0.1) is 0 Å². The molecule has 1 aromatic heterocycles. The first-order chi connectivity index (χ1) is 8.99. The molecule has 106 valence electrons. The molecule has 2 heterocycles. The van der Waals surface area contributed by atoms with Crippen molar-refractivity contribution < 1.29 is 14.6 Å². The van der Waals surface area contributed by atoms with Gasteiger partial charge in [-0.15, -0.1) is 11.3 Å². The minimum atomic E-state index is -0.871. The molecule has 1 aliphatic rings. The lowest BCUT2D eigenvalue weighted by molar-refractivity contribution is -0.0705. The molecule has 5 nitrogen and oxygen atoms in total. The maximum absolute atomic E-state index is 11.1. The Balaban J connectivity index is 2.08. The van der Waals surface area contributed by atoms with Crippen molar-refractivity contribution in [1.82, 2.24) is 9.88 Å². The molecule has 19 heavy (non-hydrogen) atoms. The summed E-state index contributed by atoms with van der Waals surface area (Å²) in [6.45, 7) is 8.50. The van der Waals surface area contributed by atoms with Crippen LogP contribution < -0.4 is 0 Å². The number of ether oxygens (including phenoxy) is 1. The lowest BCUT2D eigenvalue weighted by Gasteiger charge is -2.34. The summed E-state index contributed by atoms with van der Waals surface area (Å²) in [7, 11) is 0. The predicted octanol–water partition coefficient (Wildman–Crippen LogP) is 2.01. The number of morpholine rings is 1. The van der Waals surface area contributed by atoms with Gasteiger partial charge < -0.3 is 9.84 Å². The first-order valence-electron chi connectivity index (χ1n) is 6.59. The molecule has 0 bridgehead atoms. The van der Waals surface area contributed by atoms with Crippen molar-refractivity contribution >= 4 is 17.3 Å². The van der Waals surface area contributed by atoms with E-state index in [4.69, 9.17) is 9.84 Å². The first-order valence-corrected chi connectivity index (χ1v) is 7.41. The summed E-state index contributed by atoms with van der Waals surface area (Å²) in [5.74, 6) is -0.871. The van der Waals surface area contributed by atoms with Crippen LogP contribution in [0.5, 0.6) is 0 Å². The lowest BCUT2D eigenvalue weighted by Crippen LogP contribution is -2.44. The van der Waals surface area contributed by atoms with Gasteiger partial charge in [0.25, 0.3) is 0 Å². The topological polar surface area (TPSA) is 62.7 Å². The summed E-state index contributed by atoms with van der Waals surface area (Å²) in [5.41, 5.74) is 0.696. The molecule has 1 saturated heterocycles. The highest BCUT2D eigenvalue weighted by Crippen LogP contribution is 2.22. The largest absolute Gasteiger partial charge is 0.477 e. The molecule has 0 aliphatic carbocycles. The van der Waals surface area contributed by atoms with Crippen LogP contribution in [0.25, 0.3) is 0 Å². The highest BCUT2D eigenvalue weighted by molar-refractivity contribution is 7.13. The zero-order valence-corrected chi connectivity index (χ0v) is 12.4. The van der Waals surface area contributed by atoms with Gasteiger partial charge in [0.05, 0.1) is 24.4 Å². The van der Waals surface area contributed by atoms with Gasteiger partial charge >= 0.3 is 5.97 Å². The second-order valence-electron chi connectivity index (χ2n) is 4.99. The van der Waals surface area contributed by atoms with E-state index in [-0.39, 0.29) is 12.2 Å². The van der Waals surface area contributed by atoms with Gasteiger partial charge in [-0.2, -0.15) is 0 Å². The van der Waals surface area contributed by atoms with Gasteiger partial charge in [0, 0.05) is 13.1 Å². The second-order valence-corrected chi connectivity index (χ2v) is 6.08. The fourth-order valence-corrected chi connectivity index (χ4v) is 3.51. The molecular formula is C13H20N2O3S. The normalized spacial score (nSPS) is 24.6. The zero-order valence-electron chi connectivity index (χ0n) is 11.5. The number of hydrogen-bond acceptors (Lipinski definition) is 5. The van der Waals surface area contributed by atoms with Gasteiger partial charge in [-0.25, -0.2) is 9.78 Å². The standard InChI is InChI=1S/C13H20N2O3S/c1-4-10-12(13(16)17)19-11(14-10)7-15-5-8(2)18-9(3)6-15/h8-9H,4-7H2,1-3H3,(H,16,17). The van der Waals surface area contributed by atoms with E-state index in [0.29, 0.717) is 23.5 Å². The van der Waals surface area contributed by atoms with Gasteiger partial charge in [-0.05, 0) is 20.3 Å². The number of thiazole rings is 1. The number of aromatic carboxylic acids is 1. The van der Waals surface area contributed by atoms with E-state index in [0.717, 1.165) is 18.1 Å². The Labute approximate surface area is 117 Å². The summed E-state index contributed by atoms with van der Waals surface area (Å²) in [6, 6.07) is 0. The number of carboxylic acid groups (broad SMARTS) is 1. The molecule has 2 atom stereocenters. The number of rotatable bonds is 4. The van der Waals surface area contributed by atoms with Gasteiger partial charge in [0.2, 0.25) is 0 Å². The number of nitrogens with zero attached hydrogens (tertiary/aromatic N) is 2. The third-order valence-corrected chi connectivity index (χ3v) is 4.20. The van der Waals surface area contributed by atoms with Crippen LogP contribution in [0.15, 0.2) is 0 Å². The molecule has 1 fully saturated rings. The number of aromatic nitrogens is 1. The first kappa shape index (κ1) is 14.4. The number of carboxylic acids is 1. The molecule has 2 unspecified atom stereocenters.